The average molecular weight is 350 g/mol. The SMILES string of the molecule is CCC(O)/C=C/C=C/C/C=C/C/C=C/C=C/C(CCCC(=O)O)OO. The van der Waals surface area contributed by atoms with Gasteiger partial charge in [-0.2, -0.15) is 0 Å². The topological polar surface area (TPSA) is 87.0 Å². The van der Waals surface area contributed by atoms with Crippen LogP contribution in [0, 0.1) is 0 Å². The lowest BCUT2D eigenvalue weighted by Crippen LogP contribution is -2.08. The molecule has 0 aromatic heterocycles. The van der Waals surface area contributed by atoms with Gasteiger partial charge in [-0.25, -0.2) is 4.89 Å². The van der Waals surface area contributed by atoms with E-state index in [4.69, 9.17) is 10.4 Å². The van der Waals surface area contributed by atoms with Gasteiger partial charge in [0, 0.05) is 6.42 Å². The summed E-state index contributed by atoms with van der Waals surface area (Å²) in [6.07, 6.45) is 21.4. The Labute approximate surface area is 150 Å². The van der Waals surface area contributed by atoms with Crippen LogP contribution in [0.2, 0.25) is 0 Å². The third-order valence-corrected chi connectivity index (χ3v) is 3.30. The molecule has 0 aliphatic rings. The van der Waals surface area contributed by atoms with E-state index in [1.54, 1.807) is 18.2 Å². The minimum Gasteiger partial charge on any atom is -0.481 e. The normalized spacial score (nSPS) is 15.3. The predicted molar refractivity (Wildman–Crippen MR) is 100 cm³/mol. The summed E-state index contributed by atoms with van der Waals surface area (Å²) in [6, 6.07) is 0. The Balaban J connectivity index is 3.86. The summed E-state index contributed by atoms with van der Waals surface area (Å²) in [7, 11) is 0. The van der Waals surface area contributed by atoms with E-state index in [0.717, 1.165) is 19.3 Å². The fraction of sp³-hybridized carbons (Fsp3) is 0.450. The molecule has 2 unspecified atom stereocenters. The highest BCUT2D eigenvalue weighted by Gasteiger charge is 2.05. The zero-order valence-electron chi connectivity index (χ0n) is 14.8. The van der Waals surface area contributed by atoms with E-state index in [0.29, 0.717) is 12.8 Å². The zero-order chi connectivity index (χ0) is 18.8. The van der Waals surface area contributed by atoms with Crippen LogP contribution in [-0.4, -0.2) is 33.6 Å². The van der Waals surface area contributed by atoms with Crippen LogP contribution >= 0.6 is 0 Å². The second kappa shape index (κ2) is 16.9. The van der Waals surface area contributed by atoms with Crippen LogP contribution in [0.15, 0.2) is 60.8 Å². The molecule has 0 saturated carbocycles. The van der Waals surface area contributed by atoms with E-state index in [2.05, 4.69) is 11.0 Å². The van der Waals surface area contributed by atoms with Gasteiger partial charge in [0.25, 0.3) is 0 Å². The fourth-order valence-corrected chi connectivity index (χ4v) is 1.82. The maximum Gasteiger partial charge on any atom is 0.303 e. The van der Waals surface area contributed by atoms with Crippen molar-refractivity contribution in [2.75, 3.05) is 0 Å². The third-order valence-electron chi connectivity index (χ3n) is 3.30. The summed E-state index contributed by atoms with van der Waals surface area (Å²) in [5.74, 6) is -0.850. The second-order valence-electron chi connectivity index (χ2n) is 5.47. The number of hydrogen-bond acceptors (Lipinski definition) is 4. The van der Waals surface area contributed by atoms with E-state index in [9.17, 15) is 9.90 Å². The summed E-state index contributed by atoms with van der Waals surface area (Å²) < 4.78 is 0. The number of aliphatic hydroxyl groups excluding tert-OH is 1. The number of carboxylic acids is 1. The van der Waals surface area contributed by atoms with Crippen LogP contribution in [0.25, 0.3) is 0 Å². The van der Waals surface area contributed by atoms with Crippen molar-refractivity contribution < 1.29 is 25.2 Å². The Morgan fingerprint density at radius 3 is 2.12 bits per heavy atom. The largest absolute Gasteiger partial charge is 0.481 e. The Morgan fingerprint density at radius 2 is 1.60 bits per heavy atom. The molecule has 0 spiro atoms. The van der Waals surface area contributed by atoms with Gasteiger partial charge in [-0.15, -0.1) is 0 Å². The molecule has 0 fully saturated rings. The molecule has 0 aromatic rings. The quantitative estimate of drug-likeness (QED) is 0.187. The lowest BCUT2D eigenvalue weighted by Gasteiger charge is -2.06. The van der Waals surface area contributed by atoms with Crippen LogP contribution in [0.4, 0.5) is 0 Å². The first-order valence-electron chi connectivity index (χ1n) is 8.61. The first-order chi connectivity index (χ1) is 12.1. The molecule has 0 saturated heterocycles. The minimum atomic E-state index is -0.850. The van der Waals surface area contributed by atoms with Crippen molar-refractivity contribution in [1.29, 1.82) is 0 Å². The van der Waals surface area contributed by atoms with Gasteiger partial charge in [-0.3, -0.25) is 10.1 Å². The van der Waals surface area contributed by atoms with Crippen LogP contribution in [0.3, 0.4) is 0 Å². The molecule has 0 bridgehead atoms. The summed E-state index contributed by atoms with van der Waals surface area (Å²) in [6.45, 7) is 1.93. The smallest absolute Gasteiger partial charge is 0.303 e. The van der Waals surface area contributed by atoms with Gasteiger partial charge in [0.2, 0.25) is 0 Å². The van der Waals surface area contributed by atoms with Crippen molar-refractivity contribution in [2.24, 2.45) is 0 Å². The van der Waals surface area contributed by atoms with Gasteiger partial charge < -0.3 is 10.2 Å². The molecular formula is C20H30O5. The minimum absolute atomic E-state index is 0.0672. The molecule has 5 heteroatoms. The van der Waals surface area contributed by atoms with Crippen molar-refractivity contribution in [3.63, 3.8) is 0 Å². The number of hydrogen-bond donors (Lipinski definition) is 3. The van der Waals surface area contributed by atoms with E-state index in [1.807, 2.05) is 43.4 Å². The van der Waals surface area contributed by atoms with E-state index in [1.165, 1.54) is 0 Å². The Morgan fingerprint density at radius 1 is 1.00 bits per heavy atom. The zero-order valence-corrected chi connectivity index (χ0v) is 14.8. The molecule has 5 nitrogen and oxygen atoms in total. The van der Waals surface area contributed by atoms with Gasteiger partial charge >= 0.3 is 5.97 Å². The molecule has 0 aliphatic heterocycles. The van der Waals surface area contributed by atoms with Crippen LogP contribution in [-0.2, 0) is 9.68 Å². The average Bonchev–Trinajstić information content (AvgIpc) is 2.60. The number of aliphatic hydroxyl groups is 1. The van der Waals surface area contributed by atoms with Crippen LogP contribution in [0.1, 0.15) is 45.4 Å². The fourth-order valence-electron chi connectivity index (χ4n) is 1.82. The molecule has 25 heavy (non-hydrogen) atoms. The van der Waals surface area contributed by atoms with E-state index < -0.39 is 12.1 Å². The lowest BCUT2D eigenvalue weighted by atomic mass is 10.1. The monoisotopic (exact) mass is 350 g/mol. The number of carbonyl (C=O) groups is 1. The number of allylic oxidation sites excluding steroid dienone is 8. The van der Waals surface area contributed by atoms with Crippen molar-refractivity contribution in [2.45, 2.75) is 57.7 Å². The molecule has 0 rings (SSSR count). The van der Waals surface area contributed by atoms with Gasteiger partial charge in [0.05, 0.1) is 6.10 Å². The van der Waals surface area contributed by atoms with Gasteiger partial charge in [-0.05, 0) is 32.1 Å². The summed E-state index contributed by atoms with van der Waals surface area (Å²) >= 11 is 0. The number of carboxylic acid groups (broad SMARTS) is 1. The van der Waals surface area contributed by atoms with Gasteiger partial charge in [0.1, 0.15) is 6.10 Å². The standard InChI is InChI=1S/C20H30O5/c1-2-18(21)14-11-9-7-5-3-4-6-8-10-12-15-19(25-24)16-13-17-20(22)23/h3-4,7-12,14-15,18-19,21,24H,2,5-6,13,16-17H2,1H3,(H,22,23)/b4-3+,9-7+,10-8+,14-11+,15-12+. The molecule has 2 atom stereocenters. The van der Waals surface area contributed by atoms with E-state index >= 15 is 0 Å². The number of rotatable bonds is 14. The summed E-state index contributed by atoms with van der Waals surface area (Å²) in [4.78, 5) is 14.7. The number of aliphatic carboxylic acids is 1. The Kier molecular flexibility index (Phi) is 15.6. The summed E-state index contributed by atoms with van der Waals surface area (Å²) in [5, 5.41) is 26.6. The maximum absolute atomic E-state index is 10.4. The molecule has 0 aliphatic carbocycles. The molecule has 3 N–H and O–H groups in total. The highest BCUT2D eigenvalue weighted by molar-refractivity contribution is 5.66. The van der Waals surface area contributed by atoms with Gasteiger partial charge in [-0.1, -0.05) is 67.7 Å². The predicted octanol–water partition coefficient (Wildman–Crippen LogP) is 4.43. The molecule has 0 aromatic carbocycles. The second-order valence-corrected chi connectivity index (χ2v) is 5.47. The lowest BCUT2D eigenvalue weighted by molar-refractivity contribution is -0.267. The molecule has 0 heterocycles. The summed E-state index contributed by atoms with van der Waals surface area (Å²) in [5.41, 5.74) is 0. The first-order valence-corrected chi connectivity index (χ1v) is 8.61. The maximum atomic E-state index is 10.4. The molecule has 0 amide bonds. The molecule has 0 radical (unpaired) electrons. The first kappa shape index (κ1) is 23.1. The highest BCUT2D eigenvalue weighted by atomic mass is 17.1. The highest BCUT2D eigenvalue weighted by Crippen LogP contribution is 2.06. The third kappa shape index (κ3) is 16.7. The van der Waals surface area contributed by atoms with Gasteiger partial charge in [0.15, 0.2) is 0 Å². The van der Waals surface area contributed by atoms with Crippen molar-refractivity contribution in [3.05, 3.63) is 60.8 Å². The Bertz CT molecular complexity index is 474. The molecule has 140 valence electrons. The Hall–Kier alpha value is -1.95. The van der Waals surface area contributed by atoms with Crippen LogP contribution < -0.4 is 0 Å². The van der Waals surface area contributed by atoms with Crippen molar-refractivity contribution >= 4 is 5.97 Å². The molecular weight excluding hydrogens is 320 g/mol. The van der Waals surface area contributed by atoms with Crippen molar-refractivity contribution in [3.8, 4) is 0 Å². The van der Waals surface area contributed by atoms with Crippen LogP contribution in [0.5, 0.6) is 0 Å². The van der Waals surface area contributed by atoms with Crippen molar-refractivity contribution in [1.82, 2.24) is 0 Å². The van der Waals surface area contributed by atoms with E-state index in [-0.39, 0.29) is 12.5 Å².